The third kappa shape index (κ3) is 6.26. The quantitative estimate of drug-likeness (QED) is 0.184. The summed E-state index contributed by atoms with van der Waals surface area (Å²) >= 11 is 0. The summed E-state index contributed by atoms with van der Waals surface area (Å²) in [4.78, 5) is 37.3. The minimum atomic E-state index is -2.03. The Balaban J connectivity index is 2.02. The third-order valence-corrected chi connectivity index (χ3v) is 11.0. The number of esters is 1. The first-order valence-corrected chi connectivity index (χ1v) is 14.1. The van der Waals surface area contributed by atoms with Gasteiger partial charge in [0.25, 0.3) is 0 Å². The number of carbonyl (C=O) groups is 3. The number of hydrogen-bond acceptors (Lipinski definition) is 5. The first-order valence-electron chi connectivity index (χ1n) is 11.2. The molecule has 0 unspecified atom stereocenters. The van der Waals surface area contributed by atoms with Crippen LogP contribution in [-0.4, -0.2) is 44.7 Å². The van der Waals surface area contributed by atoms with E-state index in [-0.39, 0.29) is 41.2 Å². The van der Waals surface area contributed by atoms with Crippen LogP contribution in [0.4, 0.5) is 0 Å². The maximum absolute atomic E-state index is 12.9. The van der Waals surface area contributed by atoms with E-state index in [2.05, 4.69) is 39.2 Å². The van der Waals surface area contributed by atoms with Crippen LogP contribution in [-0.2, 0) is 14.0 Å². The molecule has 0 spiro atoms. The third-order valence-electron chi connectivity index (χ3n) is 6.41. The Kier molecular flexibility index (Phi) is 8.22. The van der Waals surface area contributed by atoms with E-state index in [9.17, 15) is 14.4 Å². The van der Waals surface area contributed by atoms with Gasteiger partial charge in [0, 0.05) is 12.0 Å². The van der Waals surface area contributed by atoms with Crippen molar-refractivity contribution in [3.63, 3.8) is 0 Å². The van der Waals surface area contributed by atoms with Gasteiger partial charge < -0.3 is 14.5 Å². The van der Waals surface area contributed by atoms with Crippen LogP contribution < -0.4 is 5.32 Å². The zero-order valence-electron chi connectivity index (χ0n) is 19.9. The number of carbonyl (C=O) groups excluding carboxylic acids is 3. The lowest BCUT2D eigenvalue weighted by atomic mass is 9.82. The lowest BCUT2D eigenvalue weighted by molar-refractivity contribution is -0.139. The SMILES string of the molecule is CCCCOC(=O)c1cccc(C(=O)C[C@H]2NC(=O)[C@@H]2[C@@H](C)O[Si](C)(C)C(C)(C)C)c1. The molecule has 1 fully saturated rings. The molecule has 172 valence electrons. The maximum Gasteiger partial charge on any atom is 0.338 e. The fourth-order valence-electron chi connectivity index (χ4n) is 3.42. The van der Waals surface area contributed by atoms with Crippen LogP contribution in [0.5, 0.6) is 0 Å². The molecule has 31 heavy (non-hydrogen) atoms. The van der Waals surface area contributed by atoms with Crippen LogP contribution >= 0.6 is 0 Å². The largest absolute Gasteiger partial charge is 0.462 e. The van der Waals surface area contributed by atoms with Crippen molar-refractivity contribution in [2.45, 2.75) is 84.2 Å². The van der Waals surface area contributed by atoms with Crippen molar-refractivity contribution >= 4 is 26.0 Å². The molecule has 1 aromatic carbocycles. The number of ether oxygens (including phenoxy) is 1. The molecule has 1 aliphatic rings. The van der Waals surface area contributed by atoms with Crippen molar-refractivity contribution in [1.82, 2.24) is 5.32 Å². The number of benzene rings is 1. The monoisotopic (exact) mass is 447 g/mol. The van der Waals surface area contributed by atoms with Gasteiger partial charge in [-0.05, 0) is 43.6 Å². The molecule has 2 rings (SSSR count). The van der Waals surface area contributed by atoms with E-state index >= 15 is 0 Å². The summed E-state index contributed by atoms with van der Waals surface area (Å²) in [6.07, 6.45) is 1.67. The Morgan fingerprint density at radius 2 is 1.84 bits per heavy atom. The first kappa shape index (κ1) is 25.3. The number of nitrogens with one attached hydrogen (secondary N) is 1. The van der Waals surface area contributed by atoms with Crippen molar-refractivity contribution in [2.75, 3.05) is 6.61 Å². The fraction of sp³-hybridized carbons (Fsp3) is 0.625. The number of hydrogen-bond donors (Lipinski definition) is 1. The van der Waals surface area contributed by atoms with Crippen LogP contribution in [0.2, 0.25) is 18.1 Å². The molecule has 1 amide bonds. The molecular weight excluding hydrogens is 410 g/mol. The predicted molar refractivity (Wildman–Crippen MR) is 124 cm³/mol. The van der Waals surface area contributed by atoms with E-state index < -0.39 is 14.3 Å². The Labute approximate surface area is 187 Å². The van der Waals surface area contributed by atoms with Crippen molar-refractivity contribution < 1.29 is 23.5 Å². The van der Waals surface area contributed by atoms with Gasteiger partial charge in [0.2, 0.25) is 5.91 Å². The van der Waals surface area contributed by atoms with Crippen molar-refractivity contribution in [2.24, 2.45) is 5.92 Å². The summed E-state index contributed by atoms with van der Waals surface area (Å²) in [5, 5.41) is 2.90. The molecular formula is C24H37NO5Si. The normalized spacial score (nSPS) is 19.9. The molecule has 0 aromatic heterocycles. The average Bonchev–Trinajstić information content (AvgIpc) is 2.66. The van der Waals surface area contributed by atoms with E-state index in [4.69, 9.17) is 9.16 Å². The van der Waals surface area contributed by atoms with Crippen LogP contribution in [0.3, 0.4) is 0 Å². The van der Waals surface area contributed by atoms with Gasteiger partial charge in [0.1, 0.15) is 0 Å². The van der Waals surface area contributed by atoms with Gasteiger partial charge in [0.15, 0.2) is 14.1 Å². The van der Waals surface area contributed by atoms with Crippen LogP contribution in [0.1, 0.15) is 74.6 Å². The van der Waals surface area contributed by atoms with Crippen molar-refractivity contribution in [3.8, 4) is 0 Å². The Bertz CT molecular complexity index is 814. The van der Waals surface area contributed by atoms with Gasteiger partial charge in [-0.25, -0.2) is 4.79 Å². The summed E-state index contributed by atoms with van der Waals surface area (Å²) in [5.74, 6) is -0.954. The molecule has 1 heterocycles. The van der Waals surface area contributed by atoms with Crippen LogP contribution in [0.15, 0.2) is 24.3 Å². The summed E-state index contributed by atoms with van der Waals surface area (Å²) in [7, 11) is -2.03. The number of β-lactam (4-membered cyclic amide) rings is 1. The Morgan fingerprint density at radius 1 is 1.19 bits per heavy atom. The molecule has 1 N–H and O–H groups in total. The minimum absolute atomic E-state index is 0.0407. The molecule has 3 atom stereocenters. The van der Waals surface area contributed by atoms with Crippen LogP contribution in [0, 0.1) is 5.92 Å². The Hall–Kier alpha value is -1.99. The highest BCUT2D eigenvalue weighted by Gasteiger charge is 2.47. The average molecular weight is 448 g/mol. The van der Waals surface area contributed by atoms with Gasteiger partial charge in [-0.3, -0.25) is 9.59 Å². The van der Waals surface area contributed by atoms with Crippen molar-refractivity contribution in [1.29, 1.82) is 0 Å². The topological polar surface area (TPSA) is 81.7 Å². The first-order chi connectivity index (χ1) is 14.4. The second-order valence-corrected chi connectivity index (χ2v) is 14.7. The summed E-state index contributed by atoms with van der Waals surface area (Å²) in [6, 6.07) is 6.33. The van der Waals surface area contributed by atoms with Gasteiger partial charge in [0.05, 0.1) is 30.2 Å². The van der Waals surface area contributed by atoms with Crippen molar-refractivity contribution in [3.05, 3.63) is 35.4 Å². The van der Waals surface area contributed by atoms with Gasteiger partial charge in [-0.15, -0.1) is 0 Å². The molecule has 0 radical (unpaired) electrons. The molecule has 6 nitrogen and oxygen atoms in total. The number of unbranched alkanes of at least 4 members (excludes halogenated alkanes) is 1. The molecule has 1 aromatic rings. The summed E-state index contributed by atoms with van der Waals surface area (Å²) in [5.41, 5.74) is 0.814. The molecule has 0 saturated carbocycles. The minimum Gasteiger partial charge on any atom is -0.462 e. The molecule has 0 bridgehead atoms. The van der Waals surface area contributed by atoms with Gasteiger partial charge in [-0.2, -0.15) is 0 Å². The Morgan fingerprint density at radius 3 is 2.42 bits per heavy atom. The number of Topliss-reactive ketones (excluding diaryl/α,β-unsaturated/α-hetero) is 1. The van der Waals surface area contributed by atoms with E-state index in [1.54, 1.807) is 24.3 Å². The summed E-state index contributed by atoms with van der Waals surface area (Å²) < 4.78 is 11.6. The molecule has 0 aliphatic carbocycles. The fourth-order valence-corrected chi connectivity index (χ4v) is 4.85. The number of rotatable bonds is 10. The summed E-state index contributed by atoms with van der Waals surface area (Å²) in [6.45, 7) is 15.1. The maximum atomic E-state index is 12.9. The highest BCUT2D eigenvalue weighted by molar-refractivity contribution is 6.74. The molecule has 7 heteroatoms. The van der Waals surface area contributed by atoms with E-state index in [1.807, 2.05) is 13.8 Å². The van der Waals surface area contributed by atoms with E-state index in [0.29, 0.717) is 17.7 Å². The smallest absolute Gasteiger partial charge is 0.338 e. The highest BCUT2D eigenvalue weighted by atomic mass is 28.4. The van der Waals surface area contributed by atoms with Crippen LogP contribution in [0.25, 0.3) is 0 Å². The second kappa shape index (κ2) is 10.1. The zero-order valence-corrected chi connectivity index (χ0v) is 20.9. The second-order valence-electron chi connectivity index (χ2n) is 9.92. The lowest BCUT2D eigenvalue weighted by Crippen LogP contribution is -2.64. The van der Waals surface area contributed by atoms with E-state index in [1.165, 1.54) is 0 Å². The number of amides is 1. The zero-order chi connectivity index (χ0) is 23.4. The molecule has 1 saturated heterocycles. The number of ketones is 1. The van der Waals surface area contributed by atoms with Gasteiger partial charge >= 0.3 is 5.97 Å². The molecule has 1 aliphatic heterocycles. The standard InChI is InChI=1S/C24H37NO5Si/c1-8-9-13-29-23(28)18-12-10-11-17(14-18)20(26)15-19-21(22(27)25-19)16(2)30-31(6,7)24(3,4)5/h10-12,14,16,19,21H,8-9,13,15H2,1-7H3,(H,25,27)/t16-,19-,21-/m1/s1. The van der Waals surface area contributed by atoms with E-state index in [0.717, 1.165) is 12.8 Å². The predicted octanol–water partition coefficient (Wildman–Crippen LogP) is 4.74. The highest BCUT2D eigenvalue weighted by Crippen LogP contribution is 2.39. The lowest BCUT2D eigenvalue weighted by Gasteiger charge is -2.45. The van der Waals surface area contributed by atoms with Gasteiger partial charge in [-0.1, -0.05) is 46.2 Å².